The molecule has 366 valence electrons. The summed E-state index contributed by atoms with van der Waals surface area (Å²) < 4.78 is 34.4. The van der Waals surface area contributed by atoms with Crippen LogP contribution in [0.25, 0.3) is 0 Å². The summed E-state index contributed by atoms with van der Waals surface area (Å²) in [5.74, 6) is -0.824. The molecule has 2 atom stereocenters. The Morgan fingerprint density at radius 1 is 0.500 bits per heavy atom. The second-order valence-corrected chi connectivity index (χ2v) is 20.4. The molecule has 0 heterocycles. The van der Waals surface area contributed by atoms with E-state index in [-0.39, 0.29) is 32.0 Å². The molecule has 0 aliphatic heterocycles. The largest absolute Gasteiger partial charge is 0.472 e. The molecule has 0 fully saturated rings. The van der Waals surface area contributed by atoms with E-state index >= 15 is 0 Å². The molecule has 0 aliphatic rings. The highest BCUT2D eigenvalue weighted by Crippen LogP contribution is 2.43. The number of ether oxygens (including phenoxy) is 2. The lowest BCUT2D eigenvalue weighted by Gasteiger charge is -2.24. The van der Waals surface area contributed by atoms with E-state index in [9.17, 15) is 19.0 Å². The molecule has 10 heteroatoms. The molecule has 0 radical (unpaired) electrons. The average molecular weight is 899 g/mol. The van der Waals surface area contributed by atoms with Crippen molar-refractivity contribution >= 4 is 19.8 Å². The van der Waals surface area contributed by atoms with Crippen molar-refractivity contribution < 1.29 is 42.1 Å². The van der Waals surface area contributed by atoms with Crippen molar-refractivity contribution in [2.24, 2.45) is 0 Å². The van der Waals surface area contributed by atoms with E-state index in [1.54, 1.807) is 0 Å². The van der Waals surface area contributed by atoms with E-state index in [1.165, 1.54) is 167 Å². The Hall–Kier alpha value is -1.51. The summed E-state index contributed by atoms with van der Waals surface area (Å²) in [7, 11) is 1.47. The zero-order valence-corrected chi connectivity index (χ0v) is 42.3. The molecule has 0 amide bonds. The smallest absolute Gasteiger partial charge is 0.462 e. The van der Waals surface area contributed by atoms with Crippen LogP contribution in [0.3, 0.4) is 0 Å². The zero-order valence-electron chi connectivity index (χ0n) is 41.4. The molecule has 1 unspecified atom stereocenters. The molecule has 1 N–H and O–H groups in total. The molecular weight excluding hydrogens is 798 g/mol. The predicted octanol–water partition coefficient (Wildman–Crippen LogP) is 15.5. The van der Waals surface area contributed by atoms with Crippen molar-refractivity contribution in [1.29, 1.82) is 0 Å². The van der Waals surface area contributed by atoms with E-state index < -0.39 is 26.5 Å². The lowest BCUT2D eigenvalue weighted by molar-refractivity contribution is -0.870. The predicted molar refractivity (Wildman–Crippen MR) is 261 cm³/mol. The molecule has 0 spiro atoms. The first-order valence-electron chi connectivity index (χ1n) is 26.1. The summed E-state index contributed by atoms with van der Waals surface area (Å²) in [6.07, 6.45) is 51.0. The monoisotopic (exact) mass is 899 g/mol. The van der Waals surface area contributed by atoms with Crippen LogP contribution in [-0.4, -0.2) is 74.9 Å². The number of unbranched alkanes of at least 4 members (excludes halogenated alkanes) is 30. The van der Waals surface area contributed by atoms with Gasteiger partial charge in [0.1, 0.15) is 19.8 Å². The second-order valence-electron chi connectivity index (χ2n) is 18.9. The number of nitrogens with zero attached hydrogens (tertiary/aromatic N) is 1. The zero-order chi connectivity index (χ0) is 45.7. The van der Waals surface area contributed by atoms with Crippen molar-refractivity contribution in [3.63, 3.8) is 0 Å². The fourth-order valence-electron chi connectivity index (χ4n) is 7.40. The van der Waals surface area contributed by atoms with Gasteiger partial charge >= 0.3 is 19.8 Å². The molecule has 0 rings (SSSR count). The number of phosphoric ester groups is 1. The van der Waals surface area contributed by atoms with E-state index in [0.29, 0.717) is 17.4 Å². The Morgan fingerprint density at radius 2 is 0.871 bits per heavy atom. The maximum atomic E-state index is 12.7. The maximum Gasteiger partial charge on any atom is 0.472 e. The molecule has 0 aliphatic carbocycles. The van der Waals surface area contributed by atoms with Gasteiger partial charge < -0.3 is 18.9 Å². The van der Waals surface area contributed by atoms with Crippen molar-refractivity contribution in [1.82, 2.24) is 0 Å². The number of hydrogen-bond donors (Lipinski definition) is 1. The van der Waals surface area contributed by atoms with Crippen LogP contribution in [0.1, 0.15) is 245 Å². The first-order chi connectivity index (χ1) is 30.0. The summed E-state index contributed by atoms with van der Waals surface area (Å²) in [5, 5.41) is 0. The van der Waals surface area contributed by atoms with E-state index in [4.69, 9.17) is 18.5 Å². The number of rotatable bonds is 48. The number of carbonyl (C=O) groups excluding carboxylic acids is 2. The molecule has 0 aromatic rings. The van der Waals surface area contributed by atoms with Gasteiger partial charge in [-0.25, -0.2) is 4.57 Å². The molecule has 0 saturated carbocycles. The van der Waals surface area contributed by atoms with Gasteiger partial charge in [0.25, 0.3) is 0 Å². The molecule has 62 heavy (non-hydrogen) atoms. The van der Waals surface area contributed by atoms with Crippen LogP contribution in [0, 0.1) is 0 Å². The highest BCUT2D eigenvalue weighted by atomic mass is 31.2. The molecule has 0 aromatic carbocycles. The van der Waals surface area contributed by atoms with E-state index in [2.05, 4.69) is 38.2 Å². The minimum Gasteiger partial charge on any atom is -0.462 e. The molecule has 0 aromatic heterocycles. The number of esters is 2. The maximum absolute atomic E-state index is 12.7. The van der Waals surface area contributed by atoms with E-state index in [0.717, 1.165) is 44.9 Å². The Balaban J connectivity index is 4.19. The van der Waals surface area contributed by atoms with Crippen molar-refractivity contribution in [2.75, 3.05) is 47.5 Å². The van der Waals surface area contributed by atoms with Gasteiger partial charge in [-0.05, 0) is 44.9 Å². The minimum absolute atomic E-state index is 0.0280. The fraction of sp³-hybridized carbons (Fsp3) is 0.885. The standard InChI is InChI=1S/C52H100NO8P/c1-6-8-10-12-14-16-18-20-22-23-24-25-26-27-28-29-31-32-34-36-38-40-42-44-51(54)58-48-50(49-60-62(56,57)59-47-46-53(3,4)5)61-52(55)45-43-41-39-37-35-33-30-21-19-17-15-13-11-9-7-2/h21,30,35,37,50H,6-20,22-29,31-34,36,38-49H2,1-5H3/p+1/b30-21+,37-35+/t50-/m0/s1. The topological polar surface area (TPSA) is 108 Å². The van der Waals surface area contributed by atoms with Gasteiger partial charge in [0.15, 0.2) is 6.10 Å². The van der Waals surface area contributed by atoms with Crippen LogP contribution >= 0.6 is 7.82 Å². The first-order valence-corrected chi connectivity index (χ1v) is 27.6. The molecule has 9 nitrogen and oxygen atoms in total. The van der Waals surface area contributed by atoms with Crippen LogP contribution in [0.5, 0.6) is 0 Å². The van der Waals surface area contributed by atoms with Gasteiger partial charge in [-0.2, -0.15) is 0 Å². The third-order valence-electron chi connectivity index (χ3n) is 11.5. The Labute approximate surface area is 383 Å². The summed E-state index contributed by atoms with van der Waals surface area (Å²) in [4.78, 5) is 35.5. The summed E-state index contributed by atoms with van der Waals surface area (Å²) in [6.45, 7) is 4.42. The Kier molecular flexibility index (Phi) is 43.6. The Bertz CT molecular complexity index is 1110. The van der Waals surface area contributed by atoms with Crippen molar-refractivity contribution in [2.45, 2.75) is 251 Å². The van der Waals surface area contributed by atoms with Crippen LogP contribution in [0.15, 0.2) is 24.3 Å². The van der Waals surface area contributed by atoms with Gasteiger partial charge in [0.05, 0.1) is 27.7 Å². The lowest BCUT2D eigenvalue weighted by Crippen LogP contribution is -2.37. The molecular formula is C52H101NO8P+. The first kappa shape index (κ1) is 60.5. The van der Waals surface area contributed by atoms with E-state index in [1.807, 2.05) is 21.1 Å². The highest BCUT2D eigenvalue weighted by molar-refractivity contribution is 7.47. The van der Waals surface area contributed by atoms with Crippen molar-refractivity contribution in [3.8, 4) is 0 Å². The van der Waals surface area contributed by atoms with Crippen LogP contribution in [-0.2, 0) is 32.7 Å². The van der Waals surface area contributed by atoms with Crippen LogP contribution in [0.2, 0.25) is 0 Å². The summed E-state index contributed by atoms with van der Waals surface area (Å²) >= 11 is 0. The summed E-state index contributed by atoms with van der Waals surface area (Å²) in [5.41, 5.74) is 0. The fourth-order valence-corrected chi connectivity index (χ4v) is 8.14. The van der Waals surface area contributed by atoms with Crippen molar-refractivity contribution in [3.05, 3.63) is 24.3 Å². The average Bonchev–Trinajstić information content (AvgIpc) is 3.23. The third kappa shape index (κ3) is 48.0. The number of hydrogen-bond acceptors (Lipinski definition) is 7. The SMILES string of the molecule is CCCCCCCC/C=C/C/C=C/CCCCC(=O)O[C@@H](COC(=O)CCCCCCCCCCCCCCCCCCCCCCCCC)COP(=O)(O)OCC[N+](C)(C)C. The van der Waals surface area contributed by atoms with Gasteiger partial charge in [-0.15, -0.1) is 0 Å². The number of phosphoric acid groups is 1. The molecule has 0 bridgehead atoms. The van der Waals surface area contributed by atoms with Gasteiger partial charge in [0.2, 0.25) is 0 Å². The normalized spacial score (nSPS) is 13.6. The number of carbonyl (C=O) groups is 2. The quantitative estimate of drug-likeness (QED) is 0.0211. The van der Waals surface area contributed by atoms with Crippen LogP contribution in [0.4, 0.5) is 0 Å². The lowest BCUT2D eigenvalue weighted by atomic mass is 10.0. The third-order valence-corrected chi connectivity index (χ3v) is 12.5. The van der Waals surface area contributed by atoms with Gasteiger partial charge in [-0.1, -0.05) is 212 Å². The Morgan fingerprint density at radius 3 is 1.31 bits per heavy atom. The number of allylic oxidation sites excluding steroid dienone is 4. The number of quaternary nitrogens is 1. The minimum atomic E-state index is -4.38. The molecule has 0 saturated heterocycles. The van der Waals surface area contributed by atoms with Gasteiger partial charge in [-0.3, -0.25) is 18.6 Å². The van der Waals surface area contributed by atoms with Gasteiger partial charge in [0, 0.05) is 12.8 Å². The highest BCUT2D eigenvalue weighted by Gasteiger charge is 2.27. The summed E-state index contributed by atoms with van der Waals surface area (Å²) in [6, 6.07) is 0. The number of likely N-dealkylation sites (N-methyl/N-ethyl adjacent to an activating group) is 1. The second kappa shape index (κ2) is 44.7. The van der Waals surface area contributed by atoms with Crippen LogP contribution < -0.4 is 0 Å².